The van der Waals surface area contributed by atoms with Gasteiger partial charge in [-0.2, -0.15) is 0 Å². The summed E-state index contributed by atoms with van der Waals surface area (Å²) < 4.78 is 10.8. The third kappa shape index (κ3) is 3.83. The number of rotatable bonds is 6. The van der Waals surface area contributed by atoms with Crippen LogP contribution in [0, 0.1) is 0 Å². The van der Waals surface area contributed by atoms with Gasteiger partial charge >= 0.3 is 5.97 Å². The normalized spacial score (nSPS) is 19.8. The van der Waals surface area contributed by atoms with Crippen LogP contribution in [0.3, 0.4) is 0 Å². The molecule has 4 nitrogen and oxygen atoms in total. The fourth-order valence-corrected chi connectivity index (χ4v) is 2.08. The van der Waals surface area contributed by atoms with Crippen LogP contribution in [0.5, 0.6) is 5.75 Å². The van der Waals surface area contributed by atoms with E-state index >= 15 is 0 Å². The molecule has 1 saturated heterocycles. The number of benzene rings is 1. The first kappa shape index (κ1) is 13.6. The highest BCUT2D eigenvalue weighted by Gasteiger charge is 2.29. The fraction of sp³-hybridized carbons (Fsp3) is 0.400. The van der Waals surface area contributed by atoms with Gasteiger partial charge in [0.2, 0.25) is 0 Å². The Labute approximate surface area is 113 Å². The topological polar surface area (TPSA) is 61.5 Å². The SMILES string of the molecule is C=CCc1cccc(OCC(N)C2CCC(=O)O2)c1. The molecule has 1 aromatic rings. The van der Waals surface area contributed by atoms with E-state index in [4.69, 9.17) is 15.2 Å². The molecule has 4 heteroatoms. The number of cyclic esters (lactones) is 1. The Hall–Kier alpha value is -1.81. The maximum atomic E-state index is 11.0. The van der Waals surface area contributed by atoms with Crippen molar-refractivity contribution in [2.75, 3.05) is 6.61 Å². The van der Waals surface area contributed by atoms with Crippen molar-refractivity contribution in [2.24, 2.45) is 5.73 Å². The maximum Gasteiger partial charge on any atom is 0.306 e. The number of hydrogen-bond donors (Lipinski definition) is 1. The molecule has 0 saturated carbocycles. The second-order valence-corrected chi connectivity index (χ2v) is 4.68. The van der Waals surface area contributed by atoms with E-state index in [0.29, 0.717) is 19.4 Å². The number of ether oxygens (including phenoxy) is 2. The van der Waals surface area contributed by atoms with E-state index in [1.54, 1.807) is 0 Å². The van der Waals surface area contributed by atoms with E-state index in [1.807, 2.05) is 30.3 Å². The van der Waals surface area contributed by atoms with Crippen LogP contribution in [0.1, 0.15) is 18.4 Å². The van der Waals surface area contributed by atoms with Gasteiger partial charge in [-0.05, 0) is 30.5 Å². The average molecular weight is 261 g/mol. The second-order valence-electron chi connectivity index (χ2n) is 4.68. The summed E-state index contributed by atoms with van der Waals surface area (Å²) in [5.41, 5.74) is 7.11. The minimum atomic E-state index is -0.283. The highest BCUT2D eigenvalue weighted by Crippen LogP contribution is 2.18. The monoisotopic (exact) mass is 261 g/mol. The Morgan fingerprint density at radius 1 is 1.58 bits per heavy atom. The van der Waals surface area contributed by atoms with Crippen molar-refractivity contribution in [3.8, 4) is 5.75 Å². The zero-order chi connectivity index (χ0) is 13.7. The average Bonchev–Trinajstić information content (AvgIpc) is 2.84. The molecule has 2 N–H and O–H groups in total. The summed E-state index contributed by atoms with van der Waals surface area (Å²) in [5.74, 6) is 0.604. The van der Waals surface area contributed by atoms with Gasteiger partial charge in [0.1, 0.15) is 18.5 Å². The van der Waals surface area contributed by atoms with Crippen molar-refractivity contribution in [1.82, 2.24) is 0 Å². The van der Waals surface area contributed by atoms with Gasteiger partial charge in [-0.1, -0.05) is 18.2 Å². The molecular formula is C15H19NO3. The molecule has 2 rings (SSSR count). The second kappa shape index (κ2) is 6.38. The molecular weight excluding hydrogens is 242 g/mol. The predicted molar refractivity (Wildman–Crippen MR) is 72.9 cm³/mol. The van der Waals surface area contributed by atoms with Crippen LogP contribution < -0.4 is 10.5 Å². The molecule has 1 aromatic carbocycles. The van der Waals surface area contributed by atoms with Gasteiger partial charge in [0.15, 0.2) is 0 Å². The molecule has 1 aliphatic rings. The Morgan fingerprint density at radius 2 is 2.42 bits per heavy atom. The number of esters is 1. The minimum absolute atomic E-state index is 0.173. The Balaban J connectivity index is 1.85. The summed E-state index contributed by atoms with van der Waals surface area (Å²) in [6.45, 7) is 4.05. The van der Waals surface area contributed by atoms with Crippen LogP contribution in [0.4, 0.5) is 0 Å². The lowest BCUT2D eigenvalue weighted by molar-refractivity contribution is -0.142. The molecule has 102 valence electrons. The first-order valence-corrected chi connectivity index (χ1v) is 6.46. The van der Waals surface area contributed by atoms with Gasteiger partial charge in [-0.3, -0.25) is 4.79 Å². The molecule has 19 heavy (non-hydrogen) atoms. The van der Waals surface area contributed by atoms with Crippen molar-refractivity contribution >= 4 is 5.97 Å². The Morgan fingerprint density at radius 3 is 3.11 bits per heavy atom. The molecule has 0 aliphatic carbocycles. The molecule has 0 bridgehead atoms. The van der Waals surface area contributed by atoms with Crippen LogP contribution in [0.15, 0.2) is 36.9 Å². The van der Waals surface area contributed by atoms with E-state index in [9.17, 15) is 4.79 Å². The molecule has 0 radical (unpaired) electrons. The molecule has 2 unspecified atom stereocenters. The lowest BCUT2D eigenvalue weighted by Gasteiger charge is -2.18. The van der Waals surface area contributed by atoms with E-state index < -0.39 is 0 Å². The lowest BCUT2D eigenvalue weighted by atomic mass is 10.1. The number of hydrogen-bond acceptors (Lipinski definition) is 4. The van der Waals surface area contributed by atoms with Gasteiger partial charge in [0.05, 0.1) is 6.04 Å². The van der Waals surface area contributed by atoms with Gasteiger partial charge in [0, 0.05) is 6.42 Å². The van der Waals surface area contributed by atoms with Crippen LogP contribution in [-0.2, 0) is 16.0 Å². The van der Waals surface area contributed by atoms with Crippen molar-refractivity contribution in [1.29, 1.82) is 0 Å². The largest absolute Gasteiger partial charge is 0.492 e. The number of allylic oxidation sites excluding steroid dienone is 1. The van der Waals surface area contributed by atoms with Crippen molar-refractivity contribution in [3.05, 3.63) is 42.5 Å². The van der Waals surface area contributed by atoms with Gasteiger partial charge in [-0.25, -0.2) is 0 Å². The highest BCUT2D eigenvalue weighted by atomic mass is 16.6. The van der Waals surface area contributed by atoms with Crippen LogP contribution in [0.25, 0.3) is 0 Å². The number of nitrogens with two attached hydrogens (primary N) is 1. The van der Waals surface area contributed by atoms with Crippen LogP contribution in [-0.4, -0.2) is 24.7 Å². The van der Waals surface area contributed by atoms with Gasteiger partial charge in [0.25, 0.3) is 0 Å². The standard InChI is InChI=1S/C15H19NO3/c1-2-4-11-5-3-6-12(9-11)18-10-13(16)14-7-8-15(17)19-14/h2-3,5-6,9,13-14H,1,4,7-8,10,16H2. The fourth-order valence-electron chi connectivity index (χ4n) is 2.08. The molecule has 2 atom stereocenters. The third-order valence-corrected chi connectivity index (χ3v) is 3.11. The number of carbonyl (C=O) groups excluding carboxylic acids is 1. The lowest BCUT2D eigenvalue weighted by Crippen LogP contribution is -2.39. The smallest absolute Gasteiger partial charge is 0.306 e. The van der Waals surface area contributed by atoms with Crippen molar-refractivity contribution in [2.45, 2.75) is 31.4 Å². The summed E-state index contributed by atoms with van der Waals surface area (Å²) in [5, 5.41) is 0. The zero-order valence-electron chi connectivity index (χ0n) is 10.9. The first-order valence-electron chi connectivity index (χ1n) is 6.46. The van der Waals surface area contributed by atoms with E-state index in [2.05, 4.69) is 6.58 Å². The van der Waals surface area contributed by atoms with E-state index in [-0.39, 0.29) is 18.1 Å². The summed E-state index contributed by atoms with van der Waals surface area (Å²) >= 11 is 0. The molecule has 0 spiro atoms. The van der Waals surface area contributed by atoms with Crippen molar-refractivity contribution < 1.29 is 14.3 Å². The van der Waals surface area contributed by atoms with Crippen LogP contribution in [0.2, 0.25) is 0 Å². The van der Waals surface area contributed by atoms with Gasteiger partial charge in [-0.15, -0.1) is 6.58 Å². The van der Waals surface area contributed by atoms with Crippen molar-refractivity contribution in [3.63, 3.8) is 0 Å². The molecule has 0 aromatic heterocycles. The Bertz CT molecular complexity index is 458. The summed E-state index contributed by atoms with van der Waals surface area (Å²) in [7, 11) is 0. The van der Waals surface area contributed by atoms with Crippen LogP contribution >= 0.6 is 0 Å². The van der Waals surface area contributed by atoms with Gasteiger partial charge < -0.3 is 15.2 Å². The molecule has 1 fully saturated rings. The summed E-state index contributed by atoms with van der Waals surface area (Å²) in [6.07, 6.45) is 3.57. The first-order chi connectivity index (χ1) is 9.19. The van der Waals surface area contributed by atoms with E-state index in [0.717, 1.165) is 17.7 Å². The third-order valence-electron chi connectivity index (χ3n) is 3.11. The molecule has 1 heterocycles. The predicted octanol–water partition coefficient (Wildman–Crippen LogP) is 1.83. The zero-order valence-corrected chi connectivity index (χ0v) is 10.9. The number of carbonyl (C=O) groups is 1. The minimum Gasteiger partial charge on any atom is -0.492 e. The maximum absolute atomic E-state index is 11.0. The summed E-state index contributed by atoms with van der Waals surface area (Å²) in [6, 6.07) is 7.53. The van der Waals surface area contributed by atoms with E-state index in [1.165, 1.54) is 0 Å². The quantitative estimate of drug-likeness (QED) is 0.627. The molecule has 0 amide bonds. The Kier molecular flexibility index (Phi) is 4.58. The molecule has 1 aliphatic heterocycles. The highest BCUT2D eigenvalue weighted by molar-refractivity contribution is 5.71. The summed E-state index contributed by atoms with van der Waals surface area (Å²) in [4.78, 5) is 11.0.